The van der Waals surface area contributed by atoms with Gasteiger partial charge in [0.05, 0.1) is 13.2 Å². The molecular weight excluding hydrogens is 354 g/mol. The SMILES string of the molecule is COc1ccccc1/C=C/C(=O)OCC(=O)N[C@@H](CC(C)C)c1ccccc1. The maximum absolute atomic E-state index is 12.3. The van der Waals surface area contributed by atoms with Crippen LogP contribution in [-0.2, 0) is 14.3 Å². The summed E-state index contributed by atoms with van der Waals surface area (Å²) >= 11 is 0. The maximum atomic E-state index is 12.3. The van der Waals surface area contributed by atoms with E-state index in [1.165, 1.54) is 6.08 Å². The minimum Gasteiger partial charge on any atom is -0.496 e. The van der Waals surface area contributed by atoms with E-state index in [2.05, 4.69) is 19.2 Å². The fourth-order valence-corrected chi connectivity index (χ4v) is 2.82. The number of nitrogens with one attached hydrogen (secondary N) is 1. The van der Waals surface area contributed by atoms with Gasteiger partial charge in [0.2, 0.25) is 0 Å². The summed E-state index contributed by atoms with van der Waals surface area (Å²) in [6.07, 6.45) is 3.69. The van der Waals surface area contributed by atoms with E-state index in [0.717, 1.165) is 17.5 Å². The van der Waals surface area contributed by atoms with E-state index < -0.39 is 5.97 Å². The number of amides is 1. The van der Waals surface area contributed by atoms with Crippen LogP contribution in [0.2, 0.25) is 0 Å². The summed E-state index contributed by atoms with van der Waals surface area (Å²) in [7, 11) is 1.57. The second-order valence-corrected chi connectivity index (χ2v) is 6.84. The van der Waals surface area contributed by atoms with Crippen LogP contribution in [-0.4, -0.2) is 25.6 Å². The van der Waals surface area contributed by atoms with E-state index in [1.54, 1.807) is 19.3 Å². The summed E-state index contributed by atoms with van der Waals surface area (Å²) in [5, 5.41) is 2.95. The lowest BCUT2D eigenvalue weighted by Crippen LogP contribution is -2.33. The third-order valence-electron chi connectivity index (χ3n) is 4.13. The average molecular weight is 381 g/mol. The summed E-state index contributed by atoms with van der Waals surface area (Å²) in [5.74, 6) is 0.162. The van der Waals surface area contributed by atoms with Gasteiger partial charge in [-0.15, -0.1) is 0 Å². The Kier molecular flexibility index (Phi) is 8.28. The quantitative estimate of drug-likeness (QED) is 0.523. The van der Waals surface area contributed by atoms with Crippen molar-refractivity contribution in [3.05, 3.63) is 71.8 Å². The lowest BCUT2D eigenvalue weighted by Gasteiger charge is -2.21. The van der Waals surface area contributed by atoms with Gasteiger partial charge in [0.15, 0.2) is 6.61 Å². The Morgan fingerprint density at radius 2 is 1.71 bits per heavy atom. The summed E-state index contributed by atoms with van der Waals surface area (Å²) in [6.45, 7) is 3.88. The Bertz CT molecular complexity index is 799. The number of benzene rings is 2. The van der Waals surface area contributed by atoms with Crippen LogP contribution in [0.3, 0.4) is 0 Å². The number of hydrogen-bond acceptors (Lipinski definition) is 4. The lowest BCUT2D eigenvalue weighted by atomic mass is 9.97. The highest BCUT2D eigenvalue weighted by atomic mass is 16.5. The summed E-state index contributed by atoms with van der Waals surface area (Å²) in [5.41, 5.74) is 1.79. The lowest BCUT2D eigenvalue weighted by molar-refractivity contribution is -0.144. The fraction of sp³-hybridized carbons (Fsp3) is 0.304. The van der Waals surface area contributed by atoms with Gasteiger partial charge < -0.3 is 14.8 Å². The first-order chi connectivity index (χ1) is 13.5. The number of para-hydroxylation sites is 1. The second kappa shape index (κ2) is 10.9. The molecule has 0 fully saturated rings. The third kappa shape index (κ3) is 6.91. The molecule has 1 atom stereocenters. The molecule has 0 radical (unpaired) electrons. The van der Waals surface area contributed by atoms with Crippen molar-refractivity contribution in [1.29, 1.82) is 0 Å². The highest BCUT2D eigenvalue weighted by Gasteiger charge is 2.16. The fourth-order valence-electron chi connectivity index (χ4n) is 2.82. The molecule has 2 aromatic carbocycles. The van der Waals surface area contributed by atoms with Crippen molar-refractivity contribution in [1.82, 2.24) is 5.32 Å². The zero-order valence-corrected chi connectivity index (χ0v) is 16.6. The molecule has 0 aliphatic heterocycles. The molecule has 0 aliphatic rings. The summed E-state index contributed by atoms with van der Waals surface area (Å²) in [4.78, 5) is 24.2. The van der Waals surface area contributed by atoms with E-state index in [4.69, 9.17) is 9.47 Å². The largest absolute Gasteiger partial charge is 0.496 e. The van der Waals surface area contributed by atoms with E-state index in [1.807, 2.05) is 48.5 Å². The van der Waals surface area contributed by atoms with E-state index >= 15 is 0 Å². The molecule has 0 aromatic heterocycles. The predicted molar refractivity (Wildman–Crippen MR) is 110 cm³/mol. The minimum atomic E-state index is -0.582. The molecule has 0 heterocycles. The van der Waals surface area contributed by atoms with Crippen molar-refractivity contribution in [2.75, 3.05) is 13.7 Å². The van der Waals surface area contributed by atoms with Crippen LogP contribution in [0.5, 0.6) is 5.75 Å². The van der Waals surface area contributed by atoms with Crippen molar-refractivity contribution in [3.63, 3.8) is 0 Å². The molecule has 148 valence electrons. The van der Waals surface area contributed by atoms with Gasteiger partial charge in [-0.25, -0.2) is 4.79 Å². The Hall–Kier alpha value is -3.08. The Balaban J connectivity index is 1.89. The zero-order chi connectivity index (χ0) is 20.4. The maximum Gasteiger partial charge on any atom is 0.331 e. The number of carbonyl (C=O) groups is 2. The van der Waals surface area contributed by atoms with Crippen molar-refractivity contribution in [2.45, 2.75) is 26.3 Å². The average Bonchev–Trinajstić information content (AvgIpc) is 2.70. The Morgan fingerprint density at radius 3 is 2.39 bits per heavy atom. The van der Waals surface area contributed by atoms with Crippen molar-refractivity contribution < 1.29 is 19.1 Å². The summed E-state index contributed by atoms with van der Waals surface area (Å²) < 4.78 is 10.3. The number of hydrogen-bond donors (Lipinski definition) is 1. The van der Waals surface area contributed by atoms with Crippen molar-refractivity contribution >= 4 is 18.0 Å². The minimum absolute atomic E-state index is 0.114. The first-order valence-electron chi connectivity index (χ1n) is 9.31. The van der Waals surface area contributed by atoms with Crippen LogP contribution in [0.1, 0.15) is 37.4 Å². The molecule has 5 nitrogen and oxygen atoms in total. The molecule has 28 heavy (non-hydrogen) atoms. The van der Waals surface area contributed by atoms with Crippen LogP contribution < -0.4 is 10.1 Å². The molecule has 0 spiro atoms. The van der Waals surface area contributed by atoms with Gasteiger partial charge in [0.25, 0.3) is 5.91 Å². The molecule has 5 heteroatoms. The summed E-state index contributed by atoms with van der Waals surface area (Å²) in [6, 6.07) is 17.0. The van der Waals surface area contributed by atoms with Gasteiger partial charge in [-0.3, -0.25) is 4.79 Å². The van der Waals surface area contributed by atoms with Crippen molar-refractivity contribution in [2.24, 2.45) is 5.92 Å². The Labute approximate surface area is 166 Å². The molecule has 0 saturated heterocycles. The highest BCUT2D eigenvalue weighted by molar-refractivity contribution is 5.89. The number of carbonyl (C=O) groups excluding carboxylic acids is 2. The van der Waals surface area contributed by atoms with Gasteiger partial charge in [0.1, 0.15) is 5.75 Å². The smallest absolute Gasteiger partial charge is 0.331 e. The number of ether oxygens (including phenoxy) is 2. The molecule has 1 amide bonds. The molecular formula is C23H27NO4. The molecule has 2 aromatic rings. The van der Waals surface area contributed by atoms with Crippen molar-refractivity contribution in [3.8, 4) is 5.75 Å². The molecule has 0 aliphatic carbocycles. The number of esters is 1. The van der Waals surface area contributed by atoms with Crippen LogP contribution in [0.15, 0.2) is 60.7 Å². The van der Waals surface area contributed by atoms with E-state index in [0.29, 0.717) is 11.7 Å². The van der Waals surface area contributed by atoms with E-state index in [9.17, 15) is 9.59 Å². The molecule has 2 rings (SSSR count). The topological polar surface area (TPSA) is 64.6 Å². The van der Waals surface area contributed by atoms with E-state index in [-0.39, 0.29) is 18.6 Å². The first kappa shape index (κ1) is 21.2. The molecule has 0 bridgehead atoms. The van der Waals surface area contributed by atoms with Gasteiger partial charge >= 0.3 is 5.97 Å². The molecule has 0 unspecified atom stereocenters. The second-order valence-electron chi connectivity index (χ2n) is 6.84. The number of methoxy groups -OCH3 is 1. The van der Waals surface area contributed by atoms with Crippen LogP contribution >= 0.6 is 0 Å². The normalized spacial score (nSPS) is 12.0. The third-order valence-corrected chi connectivity index (χ3v) is 4.13. The molecule has 0 saturated carbocycles. The van der Waals surface area contributed by atoms with Crippen LogP contribution in [0.4, 0.5) is 0 Å². The van der Waals surface area contributed by atoms with Gasteiger partial charge in [-0.2, -0.15) is 0 Å². The number of rotatable bonds is 9. The van der Waals surface area contributed by atoms with Gasteiger partial charge in [-0.1, -0.05) is 62.4 Å². The Morgan fingerprint density at radius 1 is 1.04 bits per heavy atom. The molecule has 1 N–H and O–H groups in total. The monoisotopic (exact) mass is 381 g/mol. The predicted octanol–water partition coefficient (Wildman–Crippen LogP) is 4.16. The standard InChI is InChI=1S/C23H27NO4/c1-17(2)15-20(18-9-5-4-6-10-18)24-22(25)16-28-23(26)14-13-19-11-7-8-12-21(19)27-3/h4-14,17,20H,15-16H2,1-3H3,(H,24,25)/b14-13+/t20-/m0/s1. The zero-order valence-electron chi connectivity index (χ0n) is 16.6. The highest BCUT2D eigenvalue weighted by Crippen LogP contribution is 2.21. The van der Waals surface area contributed by atoms with Crippen LogP contribution in [0.25, 0.3) is 6.08 Å². The first-order valence-corrected chi connectivity index (χ1v) is 9.31. The van der Waals surface area contributed by atoms with Crippen LogP contribution in [0, 0.1) is 5.92 Å². The van der Waals surface area contributed by atoms with Gasteiger partial charge in [0, 0.05) is 11.6 Å². The van der Waals surface area contributed by atoms with Gasteiger partial charge in [-0.05, 0) is 30.0 Å².